The van der Waals surface area contributed by atoms with Gasteiger partial charge in [0.05, 0.1) is 0 Å². The van der Waals surface area contributed by atoms with E-state index in [0.717, 1.165) is 5.56 Å². The number of nitrogens with zero attached hydrogens (tertiary/aromatic N) is 1. The number of hydrogen-bond donors (Lipinski definition) is 4. The molecule has 0 aliphatic rings. The standard InChI is InChI=1S/C22H26N4O4/c1-22(2,3)30-21(28)26-19(24)14-10-8-13(9-11-14)12-15(23)18(27)20-25-16-6-4-5-7-17(16)29-20/h4-11,15,18,27H,12,23H2,1-3H3,(H2,24,26,28)/t15-,18?/m0/s1. The molecule has 3 aromatic rings. The molecule has 158 valence electrons. The minimum Gasteiger partial charge on any atom is -0.444 e. The number of fused-ring (bicyclic) bond motifs is 1. The van der Waals surface area contributed by atoms with Crippen LogP contribution in [0.25, 0.3) is 11.1 Å². The highest BCUT2D eigenvalue weighted by atomic mass is 16.6. The summed E-state index contributed by atoms with van der Waals surface area (Å²) in [5.41, 5.74) is 8.18. The third kappa shape index (κ3) is 5.43. The summed E-state index contributed by atoms with van der Waals surface area (Å²) in [5.74, 6) is 0.121. The summed E-state index contributed by atoms with van der Waals surface area (Å²) >= 11 is 0. The van der Waals surface area contributed by atoms with Crippen molar-refractivity contribution in [3.8, 4) is 0 Å². The molecule has 0 saturated heterocycles. The third-order valence-electron chi connectivity index (χ3n) is 4.31. The van der Waals surface area contributed by atoms with Crippen LogP contribution in [0.2, 0.25) is 0 Å². The number of aliphatic hydroxyl groups is 1. The van der Waals surface area contributed by atoms with Gasteiger partial charge in [-0.25, -0.2) is 9.78 Å². The Morgan fingerprint density at radius 1 is 1.23 bits per heavy atom. The Balaban J connectivity index is 1.60. The molecule has 0 radical (unpaired) electrons. The molecule has 5 N–H and O–H groups in total. The summed E-state index contributed by atoms with van der Waals surface area (Å²) in [6, 6.07) is 13.6. The van der Waals surface area contributed by atoms with Crippen LogP contribution in [0.15, 0.2) is 52.9 Å². The number of carbonyl (C=O) groups is 1. The zero-order valence-electron chi connectivity index (χ0n) is 17.2. The number of aromatic nitrogens is 1. The normalized spacial score (nSPS) is 13.6. The Morgan fingerprint density at radius 2 is 1.90 bits per heavy atom. The highest BCUT2D eigenvalue weighted by molar-refractivity contribution is 6.04. The van der Waals surface area contributed by atoms with Crippen LogP contribution in [0.4, 0.5) is 4.79 Å². The van der Waals surface area contributed by atoms with Crippen molar-refractivity contribution in [2.24, 2.45) is 5.73 Å². The van der Waals surface area contributed by atoms with Crippen molar-refractivity contribution in [1.82, 2.24) is 10.3 Å². The molecule has 2 aromatic carbocycles. The Bertz CT molecular complexity index is 1000. The Morgan fingerprint density at radius 3 is 2.53 bits per heavy atom. The second kappa shape index (κ2) is 8.64. The second-order valence-electron chi connectivity index (χ2n) is 8.03. The highest BCUT2D eigenvalue weighted by Gasteiger charge is 2.23. The summed E-state index contributed by atoms with van der Waals surface area (Å²) in [4.78, 5) is 16.1. The Hall–Kier alpha value is -3.23. The van der Waals surface area contributed by atoms with Crippen LogP contribution in [0.3, 0.4) is 0 Å². The first-order valence-corrected chi connectivity index (χ1v) is 9.59. The Kier molecular flexibility index (Phi) is 6.19. The molecule has 1 amide bonds. The van der Waals surface area contributed by atoms with E-state index < -0.39 is 23.8 Å². The lowest BCUT2D eigenvalue weighted by molar-refractivity contribution is 0.0563. The first-order valence-electron chi connectivity index (χ1n) is 9.59. The van der Waals surface area contributed by atoms with Gasteiger partial charge in [-0.15, -0.1) is 0 Å². The van der Waals surface area contributed by atoms with Gasteiger partial charge in [-0.1, -0.05) is 36.4 Å². The van der Waals surface area contributed by atoms with E-state index in [-0.39, 0.29) is 11.7 Å². The van der Waals surface area contributed by atoms with Crippen molar-refractivity contribution in [2.45, 2.75) is 44.9 Å². The summed E-state index contributed by atoms with van der Waals surface area (Å²) in [6.45, 7) is 5.26. The second-order valence-corrected chi connectivity index (χ2v) is 8.03. The van der Waals surface area contributed by atoms with Gasteiger partial charge in [0.15, 0.2) is 5.58 Å². The number of benzene rings is 2. The first kappa shape index (κ1) is 21.5. The predicted molar refractivity (Wildman–Crippen MR) is 113 cm³/mol. The van der Waals surface area contributed by atoms with Crippen LogP contribution in [0, 0.1) is 5.41 Å². The van der Waals surface area contributed by atoms with Gasteiger partial charge in [0.1, 0.15) is 23.1 Å². The summed E-state index contributed by atoms with van der Waals surface area (Å²) in [7, 11) is 0. The lowest BCUT2D eigenvalue weighted by Gasteiger charge is -2.20. The van der Waals surface area contributed by atoms with E-state index in [0.29, 0.717) is 23.1 Å². The molecule has 0 aliphatic carbocycles. The van der Waals surface area contributed by atoms with Crippen molar-refractivity contribution in [1.29, 1.82) is 5.41 Å². The van der Waals surface area contributed by atoms with E-state index >= 15 is 0 Å². The van der Waals surface area contributed by atoms with Crippen LogP contribution in [-0.4, -0.2) is 33.7 Å². The number of oxazole rings is 1. The number of nitrogens with two attached hydrogens (primary N) is 1. The fourth-order valence-electron chi connectivity index (χ4n) is 2.87. The molecule has 1 aromatic heterocycles. The van der Waals surface area contributed by atoms with E-state index in [1.807, 2.05) is 12.1 Å². The molecule has 8 nitrogen and oxygen atoms in total. The number of alkyl carbamates (subject to hydrolysis) is 1. The maximum Gasteiger partial charge on any atom is 0.413 e. The molecule has 0 fully saturated rings. The van der Waals surface area contributed by atoms with Crippen LogP contribution < -0.4 is 11.1 Å². The number of amides is 1. The molecule has 0 aliphatic heterocycles. The first-order chi connectivity index (χ1) is 14.1. The minimum absolute atomic E-state index is 0.0633. The van der Waals surface area contributed by atoms with E-state index in [1.54, 1.807) is 57.2 Å². The van der Waals surface area contributed by atoms with Gasteiger partial charge in [0.2, 0.25) is 5.89 Å². The van der Waals surface area contributed by atoms with Crippen LogP contribution in [-0.2, 0) is 11.2 Å². The third-order valence-corrected chi connectivity index (χ3v) is 4.31. The van der Waals surface area contributed by atoms with Gasteiger partial charge in [-0.05, 0) is 44.9 Å². The minimum atomic E-state index is -1.05. The number of aliphatic hydroxyl groups excluding tert-OH is 1. The van der Waals surface area contributed by atoms with E-state index in [9.17, 15) is 9.90 Å². The van der Waals surface area contributed by atoms with Crippen LogP contribution in [0.5, 0.6) is 0 Å². The zero-order valence-corrected chi connectivity index (χ0v) is 17.2. The fraction of sp³-hybridized carbons (Fsp3) is 0.318. The number of rotatable bonds is 5. The zero-order chi connectivity index (χ0) is 21.9. The molecule has 0 spiro atoms. The quantitative estimate of drug-likeness (QED) is 0.377. The number of para-hydroxylation sites is 2. The molecular weight excluding hydrogens is 384 g/mol. The number of ether oxygens (including phenoxy) is 1. The summed E-state index contributed by atoms with van der Waals surface area (Å²) in [5, 5.41) is 20.9. The molecule has 3 rings (SSSR count). The maximum atomic E-state index is 11.8. The topological polar surface area (TPSA) is 134 Å². The van der Waals surface area contributed by atoms with Gasteiger partial charge in [0, 0.05) is 11.6 Å². The molecule has 1 heterocycles. The lowest BCUT2D eigenvalue weighted by Crippen LogP contribution is -2.36. The van der Waals surface area contributed by atoms with Crippen LogP contribution >= 0.6 is 0 Å². The Labute approximate surface area is 174 Å². The SMILES string of the molecule is CC(C)(C)OC(=O)NC(=N)c1ccc(C[C@H](N)C(O)c2nc3ccccc3o2)cc1. The smallest absolute Gasteiger partial charge is 0.413 e. The number of nitrogens with one attached hydrogen (secondary N) is 2. The van der Waals surface area contributed by atoms with Gasteiger partial charge in [0.25, 0.3) is 0 Å². The predicted octanol–water partition coefficient (Wildman–Crippen LogP) is 3.28. The monoisotopic (exact) mass is 410 g/mol. The molecule has 30 heavy (non-hydrogen) atoms. The van der Waals surface area contributed by atoms with E-state index in [2.05, 4.69) is 10.3 Å². The van der Waals surface area contributed by atoms with Crippen molar-refractivity contribution in [3.05, 3.63) is 65.5 Å². The average Bonchev–Trinajstić information content (AvgIpc) is 3.10. The molecule has 2 atom stereocenters. The van der Waals surface area contributed by atoms with Crippen molar-refractivity contribution < 1.29 is 19.1 Å². The van der Waals surface area contributed by atoms with Crippen molar-refractivity contribution in [2.75, 3.05) is 0 Å². The lowest BCUT2D eigenvalue weighted by atomic mass is 10.0. The summed E-state index contributed by atoms with van der Waals surface area (Å²) in [6.07, 6.45) is -1.35. The van der Waals surface area contributed by atoms with E-state index in [1.165, 1.54) is 0 Å². The maximum absolute atomic E-state index is 11.8. The van der Waals surface area contributed by atoms with E-state index in [4.69, 9.17) is 20.3 Å². The van der Waals surface area contributed by atoms with Gasteiger partial charge in [-0.3, -0.25) is 10.7 Å². The number of carbonyl (C=O) groups excluding carboxylic acids is 1. The molecule has 0 bridgehead atoms. The van der Waals surface area contributed by atoms with Crippen molar-refractivity contribution >= 4 is 23.0 Å². The number of hydrogen-bond acceptors (Lipinski definition) is 7. The molecular formula is C22H26N4O4. The van der Waals surface area contributed by atoms with Crippen LogP contribution in [0.1, 0.15) is 43.9 Å². The molecule has 8 heteroatoms. The van der Waals surface area contributed by atoms with Crippen molar-refractivity contribution in [3.63, 3.8) is 0 Å². The van der Waals surface area contributed by atoms with Gasteiger partial charge in [-0.2, -0.15) is 0 Å². The van der Waals surface area contributed by atoms with Gasteiger partial charge < -0.3 is 20.0 Å². The molecule has 0 saturated carbocycles. The molecule has 1 unspecified atom stereocenters. The average molecular weight is 410 g/mol. The largest absolute Gasteiger partial charge is 0.444 e. The van der Waals surface area contributed by atoms with Gasteiger partial charge >= 0.3 is 6.09 Å². The summed E-state index contributed by atoms with van der Waals surface area (Å²) < 4.78 is 10.7. The highest BCUT2D eigenvalue weighted by Crippen LogP contribution is 2.23. The number of amidine groups is 1. The fourth-order valence-corrected chi connectivity index (χ4v) is 2.87.